The van der Waals surface area contributed by atoms with Gasteiger partial charge in [0.1, 0.15) is 5.01 Å². The van der Waals surface area contributed by atoms with E-state index in [2.05, 4.69) is 15.5 Å². The Bertz CT molecular complexity index is 849. The molecular formula is C13H12N4O2S2. The number of hydrogen-bond donors (Lipinski definition) is 1. The first-order valence-electron chi connectivity index (χ1n) is 6.32. The number of aryl methyl sites for hydroxylation is 2. The van der Waals surface area contributed by atoms with Gasteiger partial charge in [0, 0.05) is 13.0 Å². The first-order chi connectivity index (χ1) is 10.1. The summed E-state index contributed by atoms with van der Waals surface area (Å²) >= 11 is 2.52. The first kappa shape index (κ1) is 13.9. The number of anilines is 1. The average molecular weight is 320 g/mol. The highest BCUT2D eigenvalue weighted by molar-refractivity contribution is 7.16. The standard InChI is InChI=1S/C13H12N4O2S2/c1-8-15-16-12(20-8)14-11(18)6-7-17-9-4-2-3-5-10(9)21-13(17)19/h2-5H,6-7H2,1H3,(H,14,16,18). The maximum atomic E-state index is 11.9. The predicted octanol–water partition coefficient (Wildman–Crippen LogP) is 2.25. The lowest BCUT2D eigenvalue weighted by Crippen LogP contribution is -2.19. The van der Waals surface area contributed by atoms with Crippen molar-refractivity contribution in [2.75, 3.05) is 5.32 Å². The van der Waals surface area contributed by atoms with E-state index < -0.39 is 0 Å². The van der Waals surface area contributed by atoms with Crippen LogP contribution in [0.3, 0.4) is 0 Å². The highest BCUT2D eigenvalue weighted by Crippen LogP contribution is 2.17. The highest BCUT2D eigenvalue weighted by atomic mass is 32.1. The van der Waals surface area contributed by atoms with Crippen LogP contribution in [-0.2, 0) is 11.3 Å². The molecule has 1 aromatic carbocycles. The molecule has 3 rings (SSSR count). The molecule has 1 amide bonds. The second-order valence-electron chi connectivity index (χ2n) is 4.41. The number of fused-ring (bicyclic) bond motifs is 1. The molecule has 6 nitrogen and oxygen atoms in total. The molecule has 1 N–H and O–H groups in total. The minimum Gasteiger partial charge on any atom is -0.300 e. The molecule has 8 heteroatoms. The zero-order valence-corrected chi connectivity index (χ0v) is 12.8. The van der Waals surface area contributed by atoms with E-state index in [0.29, 0.717) is 11.7 Å². The third-order valence-corrected chi connectivity index (χ3v) is 4.62. The van der Waals surface area contributed by atoms with Gasteiger partial charge in [0.2, 0.25) is 11.0 Å². The summed E-state index contributed by atoms with van der Waals surface area (Å²) < 4.78 is 2.56. The molecule has 0 radical (unpaired) electrons. The number of rotatable bonds is 4. The van der Waals surface area contributed by atoms with Gasteiger partial charge in [-0.2, -0.15) is 0 Å². The molecule has 0 atom stereocenters. The summed E-state index contributed by atoms with van der Waals surface area (Å²) in [6.45, 7) is 2.18. The van der Waals surface area contributed by atoms with Crippen molar-refractivity contribution in [2.45, 2.75) is 19.9 Å². The van der Waals surface area contributed by atoms with E-state index in [1.54, 1.807) is 4.57 Å². The van der Waals surface area contributed by atoms with Gasteiger partial charge in [0.15, 0.2) is 0 Å². The Kier molecular flexibility index (Phi) is 3.80. The van der Waals surface area contributed by atoms with Crippen molar-refractivity contribution >= 4 is 43.9 Å². The van der Waals surface area contributed by atoms with Crippen LogP contribution in [0.2, 0.25) is 0 Å². The lowest BCUT2D eigenvalue weighted by atomic mass is 10.3. The summed E-state index contributed by atoms with van der Waals surface area (Å²) in [4.78, 5) is 23.8. The Hall–Kier alpha value is -2.06. The maximum absolute atomic E-state index is 11.9. The normalized spacial score (nSPS) is 10.9. The summed E-state index contributed by atoms with van der Waals surface area (Å²) in [7, 11) is 0. The number of amides is 1. The van der Waals surface area contributed by atoms with Crippen molar-refractivity contribution in [1.29, 1.82) is 0 Å². The Morgan fingerprint density at radius 1 is 1.29 bits per heavy atom. The molecule has 0 bridgehead atoms. The van der Waals surface area contributed by atoms with Gasteiger partial charge in [0.25, 0.3) is 0 Å². The second kappa shape index (κ2) is 5.74. The topological polar surface area (TPSA) is 76.9 Å². The molecule has 0 saturated heterocycles. The highest BCUT2D eigenvalue weighted by Gasteiger charge is 2.10. The minimum absolute atomic E-state index is 0.0456. The van der Waals surface area contributed by atoms with Crippen LogP contribution in [0.4, 0.5) is 5.13 Å². The number of thiazole rings is 1. The fourth-order valence-electron chi connectivity index (χ4n) is 1.97. The number of nitrogens with zero attached hydrogens (tertiary/aromatic N) is 3. The fraction of sp³-hybridized carbons (Fsp3) is 0.231. The van der Waals surface area contributed by atoms with Crippen LogP contribution in [0, 0.1) is 6.92 Å². The molecule has 2 heterocycles. The third-order valence-electron chi connectivity index (χ3n) is 2.91. The number of nitrogens with one attached hydrogen (secondary N) is 1. The molecule has 21 heavy (non-hydrogen) atoms. The molecule has 0 saturated carbocycles. The lowest BCUT2D eigenvalue weighted by molar-refractivity contribution is -0.116. The van der Waals surface area contributed by atoms with Gasteiger partial charge in [-0.25, -0.2) is 0 Å². The Morgan fingerprint density at radius 2 is 2.10 bits per heavy atom. The summed E-state index contributed by atoms with van der Waals surface area (Å²) in [6, 6.07) is 7.57. The van der Waals surface area contributed by atoms with Gasteiger partial charge in [0.05, 0.1) is 10.2 Å². The van der Waals surface area contributed by atoms with Crippen molar-refractivity contribution in [3.8, 4) is 0 Å². The molecule has 0 fully saturated rings. The number of carbonyl (C=O) groups excluding carboxylic acids is 1. The van der Waals surface area contributed by atoms with E-state index in [1.165, 1.54) is 22.7 Å². The van der Waals surface area contributed by atoms with Gasteiger partial charge in [-0.3, -0.25) is 14.2 Å². The first-order valence-corrected chi connectivity index (χ1v) is 7.95. The smallest absolute Gasteiger partial charge is 0.300 e. The number of para-hydroxylation sites is 1. The van der Waals surface area contributed by atoms with Crippen LogP contribution in [-0.4, -0.2) is 20.7 Å². The number of hydrogen-bond acceptors (Lipinski definition) is 6. The molecule has 0 aliphatic carbocycles. The molecule has 0 aliphatic rings. The Balaban J connectivity index is 1.70. The largest absolute Gasteiger partial charge is 0.308 e. The molecule has 0 unspecified atom stereocenters. The second-order valence-corrected chi connectivity index (χ2v) is 6.59. The van der Waals surface area contributed by atoms with E-state index in [-0.39, 0.29) is 17.2 Å². The molecule has 0 aliphatic heterocycles. The van der Waals surface area contributed by atoms with Crippen LogP contribution in [0.15, 0.2) is 29.1 Å². The zero-order chi connectivity index (χ0) is 14.8. The van der Waals surface area contributed by atoms with Gasteiger partial charge < -0.3 is 5.32 Å². The average Bonchev–Trinajstić information content (AvgIpc) is 2.99. The van der Waals surface area contributed by atoms with Crippen LogP contribution < -0.4 is 10.2 Å². The Labute approximate surface area is 128 Å². The summed E-state index contributed by atoms with van der Waals surface area (Å²) in [5.41, 5.74) is 0.868. The predicted molar refractivity (Wildman–Crippen MR) is 84.0 cm³/mol. The van der Waals surface area contributed by atoms with Crippen molar-refractivity contribution in [3.05, 3.63) is 38.9 Å². The number of aromatic nitrogens is 3. The van der Waals surface area contributed by atoms with Gasteiger partial charge in [-0.05, 0) is 19.1 Å². The number of benzene rings is 1. The van der Waals surface area contributed by atoms with Gasteiger partial charge in [-0.15, -0.1) is 10.2 Å². The third kappa shape index (κ3) is 3.01. The Morgan fingerprint density at radius 3 is 2.86 bits per heavy atom. The quantitative estimate of drug-likeness (QED) is 0.800. The molecular weight excluding hydrogens is 308 g/mol. The van der Waals surface area contributed by atoms with Crippen molar-refractivity contribution < 1.29 is 4.79 Å². The lowest BCUT2D eigenvalue weighted by Gasteiger charge is -2.03. The zero-order valence-electron chi connectivity index (χ0n) is 11.2. The van der Waals surface area contributed by atoms with E-state index in [1.807, 2.05) is 31.2 Å². The van der Waals surface area contributed by atoms with Crippen molar-refractivity contribution in [1.82, 2.24) is 14.8 Å². The molecule has 108 valence electrons. The molecule has 0 spiro atoms. The summed E-state index contributed by atoms with van der Waals surface area (Å²) in [5, 5.41) is 11.6. The van der Waals surface area contributed by atoms with Crippen LogP contribution >= 0.6 is 22.7 Å². The summed E-state index contributed by atoms with van der Waals surface area (Å²) in [6.07, 6.45) is 0.221. The van der Waals surface area contributed by atoms with Crippen molar-refractivity contribution in [3.63, 3.8) is 0 Å². The van der Waals surface area contributed by atoms with Gasteiger partial charge in [-0.1, -0.05) is 34.8 Å². The monoisotopic (exact) mass is 320 g/mol. The van der Waals surface area contributed by atoms with E-state index >= 15 is 0 Å². The SMILES string of the molecule is Cc1nnc(NC(=O)CCn2c(=O)sc3ccccc32)s1. The fourth-order valence-corrected chi connectivity index (χ4v) is 3.49. The van der Waals surface area contributed by atoms with Crippen LogP contribution in [0.25, 0.3) is 10.2 Å². The van der Waals surface area contributed by atoms with E-state index in [0.717, 1.165) is 15.2 Å². The minimum atomic E-state index is -0.173. The van der Waals surface area contributed by atoms with E-state index in [9.17, 15) is 9.59 Å². The number of carbonyl (C=O) groups is 1. The van der Waals surface area contributed by atoms with Crippen molar-refractivity contribution in [2.24, 2.45) is 0 Å². The van der Waals surface area contributed by atoms with Crippen LogP contribution in [0.1, 0.15) is 11.4 Å². The molecule has 2 aromatic heterocycles. The summed E-state index contributed by atoms with van der Waals surface area (Å²) in [5.74, 6) is -0.173. The van der Waals surface area contributed by atoms with E-state index in [4.69, 9.17) is 0 Å². The van der Waals surface area contributed by atoms with Gasteiger partial charge >= 0.3 is 4.87 Å². The molecule has 3 aromatic rings. The maximum Gasteiger partial charge on any atom is 0.308 e. The van der Waals surface area contributed by atoms with Crippen LogP contribution in [0.5, 0.6) is 0 Å².